The van der Waals surface area contributed by atoms with Crippen molar-refractivity contribution in [3.63, 3.8) is 0 Å². The molecule has 0 saturated carbocycles. The van der Waals surface area contributed by atoms with Gasteiger partial charge in [0.05, 0.1) is 22.8 Å². The molecule has 106 valence electrons. The molecule has 0 amide bonds. The first-order valence-corrected chi connectivity index (χ1v) is 7.43. The minimum absolute atomic E-state index is 0.599. The Morgan fingerprint density at radius 3 is 2.77 bits per heavy atom. The maximum absolute atomic E-state index is 9.31. The number of halogens is 1. The molecule has 0 N–H and O–H groups in total. The van der Waals surface area contributed by atoms with Crippen LogP contribution in [0.1, 0.15) is 22.8 Å². The van der Waals surface area contributed by atoms with Gasteiger partial charge in [-0.2, -0.15) is 5.26 Å². The molecule has 0 fully saturated rings. The maximum atomic E-state index is 9.31. The second kappa shape index (κ2) is 6.04. The summed E-state index contributed by atoms with van der Waals surface area (Å²) in [6, 6.07) is 11.5. The Kier molecular flexibility index (Phi) is 3.94. The van der Waals surface area contributed by atoms with Crippen molar-refractivity contribution in [3.8, 4) is 6.07 Å². The molecule has 3 aromatic rings. The van der Waals surface area contributed by atoms with Crippen LogP contribution in [0.2, 0.25) is 0 Å². The van der Waals surface area contributed by atoms with E-state index in [1.165, 1.54) is 0 Å². The summed E-state index contributed by atoms with van der Waals surface area (Å²) in [5, 5.41) is 10.2. The second-order valence-electron chi connectivity index (χ2n) is 4.76. The predicted molar refractivity (Wildman–Crippen MR) is 89.9 cm³/mol. The van der Waals surface area contributed by atoms with E-state index in [0.29, 0.717) is 17.1 Å². The molecule has 3 rings (SSSR count). The zero-order valence-electron chi connectivity index (χ0n) is 11.8. The lowest BCUT2D eigenvalue weighted by atomic mass is 10.1. The van der Waals surface area contributed by atoms with Crippen molar-refractivity contribution in [3.05, 3.63) is 63.8 Å². The number of hydrogen-bond acceptors (Lipinski definition) is 4. The third-order valence-electron chi connectivity index (χ3n) is 3.13. The lowest BCUT2D eigenvalue weighted by Gasteiger charge is -2.03. The molecular formula is C17H11BrN4. The Balaban J connectivity index is 2.06. The van der Waals surface area contributed by atoms with Crippen LogP contribution in [0.25, 0.3) is 23.1 Å². The van der Waals surface area contributed by atoms with E-state index in [4.69, 9.17) is 0 Å². The number of nitrogens with zero attached hydrogens (tertiary/aromatic N) is 4. The van der Waals surface area contributed by atoms with Crippen LogP contribution < -0.4 is 0 Å². The molecule has 2 heterocycles. The molecule has 4 nitrogen and oxygen atoms in total. The van der Waals surface area contributed by atoms with Gasteiger partial charge in [-0.3, -0.25) is 0 Å². The summed E-state index contributed by atoms with van der Waals surface area (Å²) in [5.74, 6) is 0.620. The zero-order valence-corrected chi connectivity index (χ0v) is 13.4. The lowest BCUT2D eigenvalue weighted by molar-refractivity contribution is 1.08. The van der Waals surface area contributed by atoms with E-state index in [0.717, 1.165) is 21.1 Å². The van der Waals surface area contributed by atoms with Crippen molar-refractivity contribution in [1.82, 2.24) is 15.0 Å². The topological polar surface area (TPSA) is 62.5 Å². The van der Waals surface area contributed by atoms with Crippen molar-refractivity contribution in [2.45, 2.75) is 6.92 Å². The van der Waals surface area contributed by atoms with Crippen LogP contribution in [0.5, 0.6) is 0 Å². The summed E-state index contributed by atoms with van der Waals surface area (Å²) < 4.78 is 0.930. The summed E-state index contributed by atoms with van der Waals surface area (Å²) in [6.45, 7) is 1.92. The van der Waals surface area contributed by atoms with Crippen LogP contribution in [0, 0.1) is 18.3 Å². The molecule has 2 aromatic heterocycles. The van der Waals surface area contributed by atoms with E-state index in [1.807, 2.05) is 37.3 Å². The standard InChI is InChI=1S/C17H11BrN4/c1-11-6-7-20-17(21-11)5-3-14-8-12(10-19)15-4-2-13(18)9-16(15)22-14/h2-9H,1H3. The van der Waals surface area contributed by atoms with Gasteiger partial charge in [0.1, 0.15) is 0 Å². The molecule has 0 aliphatic heterocycles. The van der Waals surface area contributed by atoms with Gasteiger partial charge in [-0.1, -0.05) is 22.0 Å². The molecule has 0 aliphatic carbocycles. The van der Waals surface area contributed by atoms with Gasteiger partial charge < -0.3 is 0 Å². The number of aromatic nitrogens is 3. The quantitative estimate of drug-likeness (QED) is 0.696. The summed E-state index contributed by atoms with van der Waals surface area (Å²) >= 11 is 3.43. The smallest absolute Gasteiger partial charge is 0.152 e. The summed E-state index contributed by atoms with van der Waals surface area (Å²) in [4.78, 5) is 13.0. The van der Waals surface area contributed by atoms with E-state index in [-0.39, 0.29) is 0 Å². The Hall–Kier alpha value is -2.58. The number of nitriles is 1. The van der Waals surface area contributed by atoms with Gasteiger partial charge in [-0.15, -0.1) is 0 Å². The van der Waals surface area contributed by atoms with E-state index in [1.54, 1.807) is 18.3 Å². The minimum Gasteiger partial charge on any atom is -0.248 e. The third-order valence-corrected chi connectivity index (χ3v) is 3.62. The van der Waals surface area contributed by atoms with Crippen LogP contribution >= 0.6 is 15.9 Å². The Bertz CT molecular complexity index is 926. The number of benzene rings is 1. The van der Waals surface area contributed by atoms with Crippen molar-refractivity contribution in [2.75, 3.05) is 0 Å². The van der Waals surface area contributed by atoms with E-state index >= 15 is 0 Å². The molecular weight excluding hydrogens is 340 g/mol. The highest BCUT2D eigenvalue weighted by molar-refractivity contribution is 9.10. The van der Waals surface area contributed by atoms with Gasteiger partial charge in [-0.05, 0) is 43.3 Å². The Labute approximate surface area is 136 Å². The van der Waals surface area contributed by atoms with Gasteiger partial charge in [-0.25, -0.2) is 15.0 Å². The fourth-order valence-electron chi connectivity index (χ4n) is 2.11. The summed E-state index contributed by atoms with van der Waals surface area (Å²) in [5.41, 5.74) is 2.98. The molecule has 1 aromatic carbocycles. The number of pyridine rings is 1. The zero-order chi connectivity index (χ0) is 15.5. The molecule has 0 saturated heterocycles. The van der Waals surface area contributed by atoms with Gasteiger partial charge in [0.25, 0.3) is 0 Å². The van der Waals surface area contributed by atoms with E-state index in [2.05, 4.69) is 37.0 Å². The van der Waals surface area contributed by atoms with Crippen LogP contribution in [0.4, 0.5) is 0 Å². The molecule has 0 unspecified atom stereocenters. The number of hydrogen-bond donors (Lipinski definition) is 0. The second-order valence-corrected chi connectivity index (χ2v) is 5.67. The monoisotopic (exact) mass is 350 g/mol. The predicted octanol–water partition coefficient (Wildman–Crippen LogP) is 4.14. The molecule has 0 atom stereocenters. The van der Waals surface area contributed by atoms with Crippen LogP contribution in [-0.4, -0.2) is 15.0 Å². The van der Waals surface area contributed by atoms with E-state index < -0.39 is 0 Å². The van der Waals surface area contributed by atoms with Gasteiger partial charge in [0.2, 0.25) is 0 Å². The third kappa shape index (κ3) is 3.02. The van der Waals surface area contributed by atoms with E-state index in [9.17, 15) is 5.26 Å². The van der Waals surface area contributed by atoms with Crippen molar-refractivity contribution < 1.29 is 0 Å². The highest BCUT2D eigenvalue weighted by Crippen LogP contribution is 2.22. The number of fused-ring (bicyclic) bond motifs is 1. The molecule has 0 bridgehead atoms. The summed E-state index contributed by atoms with van der Waals surface area (Å²) in [6.07, 6.45) is 5.32. The SMILES string of the molecule is Cc1ccnc(C=Cc2cc(C#N)c3ccc(Br)cc3n2)n1. The highest BCUT2D eigenvalue weighted by Gasteiger charge is 2.05. The summed E-state index contributed by atoms with van der Waals surface area (Å²) in [7, 11) is 0. The van der Waals surface area contributed by atoms with Gasteiger partial charge in [0, 0.05) is 21.7 Å². The average molecular weight is 351 g/mol. The molecule has 22 heavy (non-hydrogen) atoms. The first-order chi connectivity index (χ1) is 10.7. The number of aryl methyl sites for hydroxylation is 1. The van der Waals surface area contributed by atoms with Crippen molar-refractivity contribution >= 4 is 39.0 Å². The Morgan fingerprint density at radius 2 is 2.00 bits per heavy atom. The Morgan fingerprint density at radius 1 is 1.14 bits per heavy atom. The molecule has 0 spiro atoms. The van der Waals surface area contributed by atoms with Crippen LogP contribution in [-0.2, 0) is 0 Å². The molecule has 0 radical (unpaired) electrons. The minimum atomic E-state index is 0.599. The van der Waals surface area contributed by atoms with Gasteiger partial charge >= 0.3 is 0 Å². The largest absolute Gasteiger partial charge is 0.248 e. The van der Waals surface area contributed by atoms with Gasteiger partial charge in [0.15, 0.2) is 5.82 Å². The lowest BCUT2D eigenvalue weighted by Crippen LogP contribution is -1.90. The fourth-order valence-corrected chi connectivity index (χ4v) is 2.46. The van der Waals surface area contributed by atoms with Crippen molar-refractivity contribution in [2.24, 2.45) is 0 Å². The van der Waals surface area contributed by atoms with Crippen molar-refractivity contribution in [1.29, 1.82) is 5.26 Å². The highest BCUT2D eigenvalue weighted by atomic mass is 79.9. The van der Waals surface area contributed by atoms with Crippen LogP contribution in [0.15, 0.2) is 41.0 Å². The van der Waals surface area contributed by atoms with Crippen LogP contribution in [0.3, 0.4) is 0 Å². The average Bonchev–Trinajstić information content (AvgIpc) is 2.51. The maximum Gasteiger partial charge on any atom is 0.152 e. The number of rotatable bonds is 2. The normalized spacial score (nSPS) is 11.0. The fraction of sp³-hybridized carbons (Fsp3) is 0.0588. The first-order valence-electron chi connectivity index (χ1n) is 6.64. The molecule has 5 heteroatoms. The first kappa shape index (κ1) is 14.4. The molecule has 0 aliphatic rings.